The first-order valence-corrected chi connectivity index (χ1v) is 12.3. The number of fused-ring (bicyclic) bond motifs is 1. The predicted molar refractivity (Wildman–Crippen MR) is 134 cm³/mol. The number of nitrogens with zero attached hydrogens (tertiary/aromatic N) is 1. The molecule has 0 N–H and O–H groups in total. The van der Waals surface area contributed by atoms with Crippen LogP contribution in [0.5, 0.6) is 11.5 Å². The van der Waals surface area contributed by atoms with Gasteiger partial charge in [-0.2, -0.15) is 0 Å². The van der Waals surface area contributed by atoms with Gasteiger partial charge in [0.15, 0.2) is 23.1 Å². The molecule has 0 atom stereocenters. The lowest BCUT2D eigenvalue weighted by atomic mass is 10.0. The van der Waals surface area contributed by atoms with Crippen molar-refractivity contribution < 1.29 is 23.5 Å². The summed E-state index contributed by atoms with van der Waals surface area (Å²) in [5.41, 5.74) is 3.37. The molecule has 2 aromatic heterocycles. The van der Waals surface area contributed by atoms with E-state index in [0.29, 0.717) is 39.1 Å². The molecule has 1 aliphatic rings. The number of ether oxygens (including phenoxy) is 2. The van der Waals surface area contributed by atoms with Crippen LogP contribution in [0.15, 0.2) is 53.9 Å². The van der Waals surface area contributed by atoms with Gasteiger partial charge in [0.1, 0.15) is 11.5 Å². The van der Waals surface area contributed by atoms with Crippen LogP contribution >= 0.6 is 11.3 Å². The van der Waals surface area contributed by atoms with Gasteiger partial charge in [-0.1, -0.05) is 12.1 Å². The van der Waals surface area contributed by atoms with Crippen LogP contribution in [-0.2, 0) is 0 Å². The van der Waals surface area contributed by atoms with E-state index in [4.69, 9.17) is 9.47 Å². The monoisotopic (exact) mass is 489 g/mol. The molecule has 1 saturated carbocycles. The SMILES string of the molecule is COc1ccc(C(=O)CCC(=O)c2cc(C3CC3)cc(-c3csc4c(F)cccc34)n2)cc1OC. The van der Waals surface area contributed by atoms with Gasteiger partial charge in [0.25, 0.3) is 0 Å². The van der Waals surface area contributed by atoms with Crippen molar-refractivity contribution in [3.05, 3.63) is 76.5 Å². The van der Waals surface area contributed by atoms with E-state index in [1.807, 2.05) is 23.6 Å². The number of carbonyl (C=O) groups excluding carboxylic acids is 2. The molecular formula is C28H24FNO4S. The fraction of sp³-hybridized carbons (Fsp3) is 0.250. The third-order valence-electron chi connectivity index (χ3n) is 6.29. The van der Waals surface area contributed by atoms with Crippen molar-refractivity contribution >= 4 is 33.0 Å². The Kier molecular flexibility index (Phi) is 6.34. The van der Waals surface area contributed by atoms with E-state index in [9.17, 15) is 14.0 Å². The van der Waals surface area contributed by atoms with E-state index in [0.717, 1.165) is 29.4 Å². The van der Waals surface area contributed by atoms with Crippen LogP contribution in [0, 0.1) is 5.82 Å². The van der Waals surface area contributed by atoms with Crippen molar-refractivity contribution in [3.8, 4) is 22.8 Å². The molecule has 7 heteroatoms. The first-order chi connectivity index (χ1) is 17.0. The number of Topliss-reactive ketones (excluding diaryl/α,β-unsaturated/α-hetero) is 2. The highest BCUT2D eigenvalue weighted by molar-refractivity contribution is 7.17. The second-order valence-corrected chi connectivity index (χ2v) is 9.51. The number of carbonyl (C=O) groups is 2. The second-order valence-electron chi connectivity index (χ2n) is 8.63. The largest absolute Gasteiger partial charge is 0.493 e. The van der Waals surface area contributed by atoms with Gasteiger partial charge in [0.05, 0.1) is 24.6 Å². The lowest BCUT2D eigenvalue weighted by molar-refractivity contribution is 0.0915. The molecule has 0 unspecified atom stereocenters. The zero-order valence-corrected chi connectivity index (χ0v) is 20.3. The Morgan fingerprint density at radius 1 is 1.00 bits per heavy atom. The van der Waals surface area contributed by atoms with Crippen LogP contribution in [-0.4, -0.2) is 30.8 Å². The molecule has 5 rings (SSSR count). The maximum atomic E-state index is 14.2. The lowest BCUT2D eigenvalue weighted by Gasteiger charge is -2.10. The lowest BCUT2D eigenvalue weighted by Crippen LogP contribution is -2.08. The fourth-order valence-corrected chi connectivity index (χ4v) is 5.18. The van der Waals surface area contributed by atoms with Crippen LogP contribution in [0.2, 0.25) is 0 Å². The van der Waals surface area contributed by atoms with Gasteiger partial charge < -0.3 is 9.47 Å². The van der Waals surface area contributed by atoms with Gasteiger partial charge in [-0.15, -0.1) is 11.3 Å². The van der Waals surface area contributed by atoms with Crippen LogP contribution in [0.3, 0.4) is 0 Å². The summed E-state index contributed by atoms with van der Waals surface area (Å²) in [6, 6.07) is 13.8. The Labute approximate surface area is 206 Å². The number of thiophene rings is 1. The smallest absolute Gasteiger partial charge is 0.181 e. The Hall–Kier alpha value is -3.58. The third kappa shape index (κ3) is 4.68. The standard InChI is InChI=1S/C28H24FNO4S/c1-33-26-11-8-17(14-27(26)34-2)24(31)9-10-25(32)23-13-18(16-6-7-16)12-22(30-23)20-15-35-28-19(20)4-3-5-21(28)29/h3-5,8,11-16H,6-7,9-10H2,1-2H3. The summed E-state index contributed by atoms with van der Waals surface area (Å²) in [7, 11) is 3.04. The predicted octanol–water partition coefficient (Wildman–Crippen LogP) is 6.84. The molecule has 0 saturated heterocycles. The molecule has 0 amide bonds. The van der Waals surface area contributed by atoms with Crippen LogP contribution in [0.4, 0.5) is 4.39 Å². The minimum absolute atomic E-state index is 0.0484. The van der Waals surface area contributed by atoms with E-state index in [-0.39, 0.29) is 30.2 Å². The quantitative estimate of drug-likeness (QED) is 0.241. The molecule has 178 valence electrons. The van der Waals surface area contributed by atoms with Gasteiger partial charge >= 0.3 is 0 Å². The van der Waals surface area contributed by atoms with E-state index >= 15 is 0 Å². The van der Waals surface area contributed by atoms with Gasteiger partial charge in [-0.3, -0.25) is 9.59 Å². The zero-order valence-electron chi connectivity index (χ0n) is 19.5. The average molecular weight is 490 g/mol. The van der Waals surface area contributed by atoms with E-state index in [1.54, 1.807) is 24.3 Å². The van der Waals surface area contributed by atoms with Crippen molar-refractivity contribution in [2.45, 2.75) is 31.6 Å². The molecule has 1 aliphatic carbocycles. The number of rotatable bonds is 9. The van der Waals surface area contributed by atoms with Crippen LogP contribution in [0.1, 0.15) is 58.0 Å². The van der Waals surface area contributed by atoms with Crippen LogP contribution < -0.4 is 9.47 Å². The fourth-order valence-electron chi connectivity index (χ4n) is 4.21. The Bertz CT molecular complexity index is 1440. The molecule has 5 nitrogen and oxygen atoms in total. The molecular weight excluding hydrogens is 465 g/mol. The number of pyridine rings is 1. The molecule has 2 heterocycles. The summed E-state index contributed by atoms with van der Waals surface area (Å²) in [5, 5.41) is 2.68. The van der Waals surface area contributed by atoms with E-state index in [1.165, 1.54) is 31.6 Å². The zero-order chi connectivity index (χ0) is 24.5. The number of methoxy groups -OCH3 is 2. The highest BCUT2D eigenvalue weighted by atomic mass is 32.1. The molecule has 0 spiro atoms. The summed E-state index contributed by atoms with van der Waals surface area (Å²) in [6.07, 6.45) is 2.26. The summed E-state index contributed by atoms with van der Waals surface area (Å²) in [6.45, 7) is 0. The Morgan fingerprint density at radius 3 is 2.51 bits per heavy atom. The van der Waals surface area contributed by atoms with Gasteiger partial charge in [0.2, 0.25) is 0 Å². The minimum atomic E-state index is -0.262. The minimum Gasteiger partial charge on any atom is -0.493 e. The number of aromatic nitrogens is 1. The number of hydrogen-bond donors (Lipinski definition) is 0. The summed E-state index contributed by atoms with van der Waals surface area (Å²) >= 11 is 1.33. The highest BCUT2D eigenvalue weighted by Crippen LogP contribution is 2.42. The van der Waals surface area contributed by atoms with Gasteiger partial charge in [-0.05, 0) is 60.7 Å². The molecule has 0 bridgehead atoms. The molecule has 4 aromatic rings. The van der Waals surface area contributed by atoms with E-state index < -0.39 is 0 Å². The molecule has 1 fully saturated rings. The number of ketones is 2. The molecule has 0 aliphatic heterocycles. The van der Waals surface area contributed by atoms with E-state index in [2.05, 4.69) is 4.98 Å². The first kappa shape index (κ1) is 23.2. The highest BCUT2D eigenvalue weighted by Gasteiger charge is 2.26. The molecule has 0 radical (unpaired) electrons. The maximum Gasteiger partial charge on any atom is 0.181 e. The topological polar surface area (TPSA) is 65.5 Å². The third-order valence-corrected chi connectivity index (χ3v) is 7.30. The van der Waals surface area contributed by atoms with Crippen molar-refractivity contribution in [2.24, 2.45) is 0 Å². The van der Waals surface area contributed by atoms with Gasteiger partial charge in [-0.25, -0.2) is 9.37 Å². The van der Waals surface area contributed by atoms with Crippen molar-refractivity contribution in [1.29, 1.82) is 0 Å². The maximum absolute atomic E-state index is 14.2. The first-order valence-electron chi connectivity index (χ1n) is 11.4. The Balaban J connectivity index is 1.39. The Morgan fingerprint density at radius 2 is 1.77 bits per heavy atom. The normalized spacial score (nSPS) is 13.1. The number of benzene rings is 2. The van der Waals surface area contributed by atoms with Crippen LogP contribution in [0.25, 0.3) is 21.3 Å². The summed E-state index contributed by atoms with van der Waals surface area (Å²) in [4.78, 5) is 30.5. The molecule has 35 heavy (non-hydrogen) atoms. The van der Waals surface area contributed by atoms with Crippen molar-refractivity contribution in [3.63, 3.8) is 0 Å². The molecule has 2 aromatic carbocycles. The van der Waals surface area contributed by atoms with Crippen molar-refractivity contribution in [1.82, 2.24) is 4.98 Å². The second kappa shape index (κ2) is 9.58. The number of hydrogen-bond acceptors (Lipinski definition) is 6. The van der Waals surface area contributed by atoms with Crippen molar-refractivity contribution in [2.75, 3.05) is 14.2 Å². The van der Waals surface area contributed by atoms with Gasteiger partial charge in [0, 0.05) is 34.7 Å². The summed E-state index contributed by atoms with van der Waals surface area (Å²) < 4.78 is 25.3. The average Bonchev–Trinajstić information content (AvgIpc) is 3.65. The summed E-state index contributed by atoms with van der Waals surface area (Å²) in [5.74, 6) is 0.813. The number of halogens is 1.